The predicted molar refractivity (Wildman–Crippen MR) is 56.9 cm³/mol. The Kier molecular flexibility index (Phi) is 4.32. The lowest BCUT2D eigenvalue weighted by Gasteiger charge is -2.28. The molecule has 0 heterocycles. The molecule has 1 rings (SSSR count). The van der Waals surface area contributed by atoms with Crippen LogP contribution >= 0.6 is 0 Å². The molecule has 5 heteroatoms. The summed E-state index contributed by atoms with van der Waals surface area (Å²) in [6.45, 7) is -0.791. The van der Waals surface area contributed by atoms with Gasteiger partial charge in [-0.05, 0) is 12.6 Å². The smallest absolute Gasteiger partial charge is 0.329 e. The van der Waals surface area contributed by atoms with Crippen LogP contribution in [0.15, 0.2) is 30.3 Å². The van der Waals surface area contributed by atoms with E-state index >= 15 is 0 Å². The quantitative estimate of drug-likeness (QED) is 0.862. The van der Waals surface area contributed by atoms with Gasteiger partial charge in [-0.25, -0.2) is 0 Å². The van der Waals surface area contributed by atoms with Gasteiger partial charge in [0.2, 0.25) is 0 Å². The zero-order valence-corrected chi connectivity index (χ0v) is 9.04. The van der Waals surface area contributed by atoms with E-state index in [4.69, 9.17) is 5.73 Å². The van der Waals surface area contributed by atoms with Gasteiger partial charge in [-0.2, -0.15) is 13.2 Å². The zero-order chi connectivity index (χ0) is 12.2. The molecule has 2 nitrogen and oxygen atoms in total. The molecule has 1 unspecified atom stereocenters. The molecule has 16 heavy (non-hydrogen) atoms. The maximum Gasteiger partial charge on any atom is 0.401 e. The zero-order valence-electron chi connectivity index (χ0n) is 9.04. The number of likely N-dealkylation sites (N-methyl/N-ethyl adjacent to an activating group) is 1. The first-order valence-electron chi connectivity index (χ1n) is 4.96. The minimum Gasteiger partial charge on any atom is -0.329 e. The van der Waals surface area contributed by atoms with Crippen LogP contribution < -0.4 is 5.73 Å². The van der Waals surface area contributed by atoms with Crippen LogP contribution in [-0.4, -0.2) is 31.2 Å². The minimum atomic E-state index is -4.20. The van der Waals surface area contributed by atoms with Gasteiger partial charge in [-0.15, -0.1) is 0 Å². The first-order chi connectivity index (χ1) is 7.44. The van der Waals surface area contributed by atoms with Crippen LogP contribution in [0.4, 0.5) is 13.2 Å². The van der Waals surface area contributed by atoms with Crippen molar-refractivity contribution in [1.29, 1.82) is 0 Å². The van der Waals surface area contributed by atoms with E-state index in [1.807, 2.05) is 6.07 Å². The third kappa shape index (κ3) is 3.83. The fourth-order valence-electron chi connectivity index (χ4n) is 1.64. The fourth-order valence-corrected chi connectivity index (χ4v) is 1.64. The van der Waals surface area contributed by atoms with Crippen LogP contribution in [0, 0.1) is 0 Å². The van der Waals surface area contributed by atoms with E-state index in [-0.39, 0.29) is 6.54 Å². The van der Waals surface area contributed by atoms with Gasteiger partial charge in [-0.3, -0.25) is 4.90 Å². The molecular formula is C11H15F3N2. The largest absolute Gasteiger partial charge is 0.401 e. The van der Waals surface area contributed by atoms with Gasteiger partial charge in [0.05, 0.1) is 6.54 Å². The van der Waals surface area contributed by atoms with E-state index in [1.54, 1.807) is 24.3 Å². The Morgan fingerprint density at radius 1 is 1.25 bits per heavy atom. The van der Waals surface area contributed by atoms with Crippen molar-refractivity contribution < 1.29 is 13.2 Å². The van der Waals surface area contributed by atoms with Gasteiger partial charge >= 0.3 is 6.18 Å². The summed E-state index contributed by atoms with van der Waals surface area (Å²) in [7, 11) is 1.43. The van der Waals surface area contributed by atoms with E-state index in [1.165, 1.54) is 11.9 Å². The average Bonchev–Trinajstić information content (AvgIpc) is 2.17. The van der Waals surface area contributed by atoms with E-state index in [9.17, 15) is 13.2 Å². The maximum atomic E-state index is 12.2. The van der Waals surface area contributed by atoms with Crippen molar-refractivity contribution in [2.24, 2.45) is 5.73 Å². The first-order valence-corrected chi connectivity index (χ1v) is 4.96. The summed E-state index contributed by atoms with van der Waals surface area (Å²) in [5.74, 6) is 0. The lowest BCUT2D eigenvalue weighted by molar-refractivity contribution is -0.147. The highest BCUT2D eigenvalue weighted by Crippen LogP contribution is 2.23. The van der Waals surface area contributed by atoms with Crippen molar-refractivity contribution in [3.63, 3.8) is 0 Å². The van der Waals surface area contributed by atoms with Crippen LogP contribution in [0.5, 0.6) is 0 Å². The van der Waals surface area contributed by atoms with Gasteiger partial charge in [0, 0.05) is 12.6 Å². The number of hydrogen-bond acceptors (Lipinski definition) is 2. The van der Waals surface area contributed by atoms with Crippen molar-refractivity contribution >= 4 is 0 Å². The van der Waals surface area contributed by atoms with Crippen LogP contribution in [-0.2, 0) is 0 Å². The number of alkyl halides is 3. The molecule has 0 aliphatic carbocycles. The highest BCUT2D eigenvalue weighted by atomic mass is 19.4. The second kappa shape index (κ2) is 5.32. The average molecular weight is 232 g/mol. The molecule has 0 saturated heterocycles. The topological polar surface area (TPSA) is 29.3 Å². The summed E-state index contributed by atoms with van der Waals surface area (Å²) >= 11 is 0. The Morgan fingerprint density at radius 2 is 1.81 bits per heavy atom. The molecular weight excluding hydrogens is 217 g/mol. The van der Waals surface area contributed by atoms with Gasteiger partial charge in [0.1, 0.15) is 0 Å². The van der Waals surface area contributed by atoms with Crippen LogP contribution in [0.25, 0.3) is 0 Å². The summed E-state index contributed by atoms with van der Waals surface area (Å²) < 4.78 is 36.7. The van der Waals surface area contributed by atoms with Crippen molar-refractivity contribution in [3.05, 3.63) is 35.9 Å². The summed E-state index contributed by atoms with van der Waals surface area (Å²) in [5, 5.41) is 0. The molecule has 0 radical (unpaired) electrons. The first kappa shape index (κ1) is 13.0. The summed E-state index contributed by atoms with van der Waals surface area (Å²) in [5.41, 5.74) is 6.32. The Labute approximate surface area is 92.9 Å². The van der Waals surface area contributed by atoms with Gasteiger partial charge in [0.15, 0.2) is 0 Å². The van der Waals surface area contributed by atoms with E-state index in [2.05, 4.69) is 0 Å². The van der Waals surface area contributed by atoms with Crippen molar-refractivity contribution in [3.8, 4) is 0 Å². The normalized spacial score (nSPS) is 14.1. The molecule has 0 aliphatic rings. The number of benzene rings is 1. The van der Waals surface area contributed by atoms with Crippen LogP contribution in [0.1, 0.15) is 11.6 Å². The number of nitrogens with zero attached hydrogens (tertiary/aromatic N) is 1. The Bertz CT molecular complexity index is 311. The highest BCUT2D eigenvalue weighted by Gasteiger charge is 2.31. The van der Waals surface area contributed by atoms with Crippen LogP contribution in [0.3, 0.4) is 0 Å². The van der Waals surface area contributed by atoms with Crippen molar-refractivity contribution in [2.45, 2.75) is 12.2 Å². The minimum absolute atomic E-state index is 0.163. The highest BCUT2D eigenvalue weighted by molar-refractivity contribution is 5.19. The Morgan fingerprint density at radius 3 is 2.25 bits per heavy atom. The monoisotopic (exact) mass is 232 g/mol. The number of halogens is 3. The summed E-state index contributed by atoms with van der Waals surface area (Å²) in [6.07, 6.45) is -4.20. The SMILES string of the molecule is CN(CC(F)(F)F)C(CN)c1ccccc1. The molecule has 0 bridgehead atoms. The van der Waals surface area contributed by atoms with Gasteiger partial charge in [0.25, 0.3) is 0 Å². The molecule has 90 valence electrons. The standard InChI is InChI=1S/C11H15F3N2/c1-16(8-11(12,13)14)10(7-15)9-5-3-2-4-6-9/h2-6,10H,7-8,15H2,1H3. The van der Waals surface area contributed by atoms with E-state index in [0.29, 0.717) is 0 Å². The molecule has 0 spiro atoms. The summed E-state index contributed by atoms with van der Waals surface area (Å²) in [4.78, 5) is 1.22. The molecule has 1 aromatic rings. The van der Waals surface area contributed by atoms with E-state index < -0.39 is 18.8 Å². The Balaban J connectivity index is 2.75. The molecule has 0 aliphatic heterocycles. The third-order valence-corrected chi connectivity index (χ3v) is 2.37. The molecule has 0 amide bonds. The second-order valence-electron chi connectivity index (χ2n) is 3.69. The lowest BCUT2D eigenvalue weighted by atomic mass is 10.1. The molecule has 0 fully saturated rings. The van der Waals surface area contributed by atoms with Crippen molar-refractivity contribution in [1.82, 2.24) is 4.90 Å². The maximum absolute atomic E-state index is 12.2. The summed E-state index contributed by atoms with van der Waals surface area (Å²) in [6, 6.07) is 8.57. The molecule has 1 aromatic carbocycles. The predicted octanol–water partition coefficient (Wildman–Crippen LogP) is 2.18. The third-order valence-electron chi connectivity index (χ3n) is 2.37. The molecule has 1 atom stereocenters. The number of hydrogen-bond donors (Lipinski definition) is 1. The fraction of sp³-hybridized carbons (Fsp3) is 0.455. The van der Waals surface area contributed by atoms with Crippen molar-refractivity contribution in [2.75, 3.05) is 20.1 Å². The molecule has 2 N–H and O–H groups in total. The Hall–Kier alpha value is -1.07. The van der Waals surface area contributed by atoms with Crippen LogP contribution in [0.2, 0.25) is 0 Å². The lowest BCUT2D eigenvalue weighted by Crippen LogP contribution is -2.37. The second-order valence-corrected chi connectivity index (χ2v) is 3.69. The van der Waals surface area contributed by atoms with Gasteiger partial charge in [-0.1, -0.05) is 30.3 Å². The molecule has 0 saturated carbocycles. The molecule has 0 aromatic heterocycles. The van der Waals surface area contributed by atoms with Gasteiger partial charge < -0.3 is 5.73 Å². The van der Waals surface area contributed by atoms with E-state index in [0.717, 1.165) is 5.56 Å². The number of nitrogens with two attached hydrogens (primary N) is 1. The number of rotatable bonds is 4.